The van der Waals surface area contributed by atoms with E-state index in [0.29, 0.717) is 41.7 Å². The van der Waals surface area contributed by atoms with Gasteiger partial charge < -0.3 is 15.3 Å². The van der Waals surface area contributed by atoms with Crippen molar-refractivity contribution in [1.82, 2.24) is 25.1 Å². The van der Waals surface area contributed by atoms with Crippen molar-refractivity contribution < 1.29 is 14.7 Å². The molecule has 2 amide bonds. The molecular weight excluding hydrogens is 372 g/mol. The van der Waals surface area contributed by atoms with Crippen LogP contribution >= 0.6 is 11.6 Å². The summed E-state index contributed by atoms with van der Waals surface area (Å²) in [5.74, 6) is -0.281. The van der Waals surface area contributed by atoms with Crippen molar-refractivity contribution >= 4 is 29.3 Å². The number of carboxylic acids is 1. The Hall–Kier alpha value is -2.68. The molecule has 0 bridgehead atoms. The summed E-state index contributed by atoms with van der Waals surface area (Å²) in [4.78, 5) is 25.3. The van der Waals surface area contributed by atoms with Gasteiger partial charge in [0.1, 0.15) is 0 Å². The second-order valence-electron chi connectivity index (χ2n) is 6.94. The summed E-state index contributed by atoms with van der Waals surface area (Å²) in [6.07, 6.45) is 3.36. The third-order valence-corrected chi connectivity index (χ3v) is 5.24. The maximum absolute atomic E-state index is 12.5. The van der Waals surface area contributed by atoms with E-state index in [0.717, 1.165) is 18.7 Å². The predicted octanol–water partition coefficient (Wildman–Crippen LogP) is 2.52. The van der Waals surface area contributed by atoms with Crippen LogP contribution in [0.25, 0.3) is 5.69 Å². The van der Waals surface area contributed by atoms with Gasteiger partial charge in [-0.2, -0.15) is 4.68 Å². The largest absolute Gasteiger partial charge is 0.481 e. The van der Waals surface area contributed by atoms with Crippen LogP contribution in [0.5, 0.6) is 0 Å². The number of aromatic nitrogens is 4. The lowest BCUT2D eigenvalue weighted by molar-refractivity contribution is -0.143. The number of carboxylic acid groups (broad SMARTS) is 1. The zero-order valence-corrected chi connectivity index (χ0v) is 15.3. The molecule has 1 saturated carbocycles. The van der Waals surface area contributed by atoms with Crippen molar-refractivity contribution in [3.8, 4) is 5.69 Å². The van der Waals surface area contributed by atoms with E-state index >= 15 is 0 Å². The molecule has 1 atom stereocenters. The van der Waals surface area contributed by atoms with E-state index in [9.17, 15) is 14.7 Å². The molecule has 142 valence electrons. The van der Waals surface area contributed by atoms with Crippen LogP contribution in [0.1, 0.15) is 37.4 Å². The van der Waals surface area contributed by atoms with Gasteiger partial charge in [-0.05, 0) is 54.3 Å². The lowest BCUT2D eigenvalue weighted by Gasteiger charge is -2.30. The molecule has 2 N–H and O–H groups in total. The first-order valence-electron chi connectivity index (χ1n) is 8.90. The number of urea groups is 1. The van der Waals surface area contributed by atoms with Gasteiger partial charge in [0.05, 0.1) is 16.6 Å². The molecule has 2 aliphatic rings. The minimum Gasteiger partial charge on any atom is -0.481 e. The van der Waals surface area contributed by atoms with Gasteiger partial charge in [0.25, 0.3) is 0 Å². The van der Waals surface area contributed by atoms with Gasteiger partial charge in [0.15, 0.2) is 5.82 Å². The molecule has 27 heavy (non-hydrogen) atoms. The van der Waals surface area contributed by atoms with Gasteiger partial charge in [0, 0.05) is 24.7 Å². The molecule has 0 radical (unpaired) electrons. The normalized spacial score (nSPS) is 19.7. The summed E-state index contributed by atoms with van der Waals surface area (Å²) < 4.78 is 1.61. The monoisotopic (exact) mass is 390 g/mol. The number of likely N-dealkylation sites (tertiary alicyclic amines) is 1. The third kappa shape index (κ3) is 3.73. The predicted molar refractivity (Wildman–Crippen MR) is 97.1 cm³/mol. The Morgan fingerprint density at radius 1 is 1.26 bits per heavy atom. The van der Waals surface area contributed by atoms with Crippen molar-refractivity contribution in [2.24, 2.45) is 5.92 Å². The molecule has 1 saturated heterocycles. The van der Waals surface area contributed by atoms with Crippen LogP contribution in [0.15, 0.2) is 18.2 Å². The van der Waals surface area contributed by atoms with Crippen LogP contribution in [0.2, 0.25) is 5.02 Å². The Morgan fingerprint density at radius 2 is 2.07 bits per heavy atom. The van der Waals surface area contributed by atoms with E-state index in [1.807, 2.05) is 0 Å². The molecule has 10 heteroatoms. The Kier molecular flexibility index (Phi) is 4.69. The zero-order chi connectivity index (χ0) is 19.0. The molecule has 4 rings (SSSR count). The molecule has 1 aliphatic carbocycles. The van der Waals surface area contributed by atoms with Gasteiger partial charge in [-0.3, -0.25) is 4.79 Å². The van der Waals surface area contributed by atoms with Gasteiger partial charge in [-0.25, -0.2) is 4.79 Å². The van der Waals surface area contributed by atoms with Gasteiger partial charge in [0.2, 0.25) is 0 Å². The summed E-state index contributed by atoms with van der Waals surface area (Å²) in [5.41, 5.74) is 1.15. The first-order chi connectivity index (χ1) is 13.0. The van der Waals surface area contributed by atoms with Crippen LogP contribution in [0, 0.1) is 5.92 Å². The van der Waals surface area contributed by atoms with Gasteiger partial charge >= 0.3 is 12.0 Å². The number of nitrogens with one attached hydrogen (secondary N) is 1. The SMILES string of the molecule is O=C(O)C1CCCN(C(=O)Nc2ccc(Cl)c(-n3nnnc3C3CC3)c2)C1. The fourth-order valence-electron chi connectivity index (χ4n) is 3.28. The average molecular weight is 391 g/mol. The summed E-state index contributed by atoms with van der Waals surface area (Å²) in [6.45, 7) is 0.745. The van der Waals surface area contributed by atoms with E-state index in [1.54, 1.807) is 22.9 Å². The molecular formula is C17H19ClN6O3. The summed E-state index contributed by atoms with van der Waals surface area (Å²) in [7, 11) is 0. The lowest BCUT2D eigenvalue weighted by atomic mass is 9.99. The highest BCUT2D eigenvalue weighted by atomic mass is 35.5. The van der Waals surface area contributed by atoms with Crippen LogP contribution in [-0.4, -0.2) is 55.3 Å². The van der Waals surface area contributed by atoms with Crippen LogP contribution in [0.4, 0.5) is 10.5 Å². The molecule has 1 aliphatic heterocycles. The molecule has 0 spiro atoms. The number of halogens is 1. The first-order valence-corrected chi connectivity index (χ1v) is 9.27. The van der Waals surface area contributed by atoms with E-state index in [1.165, 1.54) is 4.90 Å². The topological polar surface area (TPSA) is 113 Å². The molecule has 2 heterocycles. The van der Waals surface area contributed by atoms with E-state index < -0.39 is 11.9 Å². The molecule has 2 fully saturated rings. The summed E-state index contributed by atoms with van der Waals surface area (Å²) in [5, 5.41) is 24.3. The van der Waals surface area contributed by atoms with Crippen LogP contribution in [0.3, 0.4) is 0 Å². The van der Waals surface area contributed by atoms with Crippen LogP contribution in [-0.2, 0) is 4.79 Å². The van der Waals surface area contributed by atoms with Crippen LogP contribution < -0.4 is 5.32 Å². The zero-order valence-electron chi connectivity index (χ0n) is 14.5. The number of amides is 2. The second-order valence-corrected chi connectivity index (χ2v) is 7.35. The quantitative estimate of drug-likeness (QED) is 0.829. The van der Waals surface area contributed by atoms with E-state index in [2.05, 4.69) is 20.8 Å². The number of anilines is 1. The highest BCUT2D eigenvalue weighted by Gasteiger charge is 2.31. The number of aliphatic carboxylic acids is 1. The molecule has 1 aromatic carbocycles. The molecule has 1 aromatic heterocycles. The average Bonchev–Trinajstić information content (AvgIpc) is 3.40. The van der Waals surface area contributed by atoms with E-state index in [4.69, 9.17) is 11.6 Å². The van der Waals surface area contributed by atoms with Gasteiger partial charge in [-0.15, -0.1) is 5.10 Å². The van der Waals surface area contributed by atoms with Gasteiger partial charge in [-0.1, -0.05) is 11.6 Å². The number of rotatable bonds is 4. The summed E-state index contributed by atoms with van der Waals surface area (Å²) in [6, 6.07) is 4.78. The molecule has 9 nitrogen and oxygen atoms in total. The van der Waals surface area contributed by atoms with Crippen molar-refractivity contribution in [2.45, 2.75) is 31.6 Å². The smallest absolute Gasteiger partial charge is 0.321 e. The Bertz CT molecular complexity index is 881. The molecule has 1 unspecified atom stereocenters. The number of piperidine rings is 1. The maximum atomic E-state index is 12.5. The maximum Gasteiger partial charge on any atom is 0.321 e. The highest BCUT2D eigenvalue weighted by Crippen LogP contribution is 2.40. The van der Waals surface area contributed by atoms with Crippen molar-refractivity contribution in [1.29, 1.82) is 0 Å². The number of carbonyl (C=O) groups excluding carboxylic acids is 1. The number of tetrazole rings is 1. The van der Waals surface area contributed by atoms with Crippen molar-refractivity contribution in [3.05, 3.63) is 29.0 Å². The molecule has 2 aromatic rings. The summed E-state index contributed by atoms with van der Waals surface area (Å²) >= 11 is 6.32. The van der Waals surface area contributed by atoms with Crippen molar-refractivity contribution in [2.75, 3.05) is 18.4 Å². The Labute approximate surface area is 160 Å². The minimum absolute atomic E-state index is 0.209. The Balaban J connectivity index is 1.52. The van der Waals surface area contributed by atoms with E-state index in [-0.39, 0.29) is 12.6 Å². The number of carbonyl (C=O) groups is 2. The highest BCUT2D eigenvalue weighted by molar-refractivity contribution is 6.32. The number of hydrogen-bond acceptors (Lipinski definition) is 5. The Morgan fingerprint density at radius 3 is 2.81 bits per heavy atom. The number of benzene rings is 1. The second kappa shape index (κ2) is 7.15. The fourth-order valence-corrected chi connectivity index (χ4v) is 3.48. The van der Waals surface area contributed by atoms with Crippen molar-refractivity contribution in [3.63, 3.8) is 0 Å². The third-order valence-electron chi connectivity index (χ3n) is 4.92. The fraction of sp³-hybridized carbons (Fsp3) is 0.471. The minimum atomic E-state index is -0.868. The number of nitrogens with zero attached hydrogens (tertiary/aromatic N) is 5. The standard InChI is InChI=1S/C17H19ClN6O3/c18-13-6-5-12(8-14(13)24-15(10-3-4-10)20-21-22-24)19-17(27)23-7-1-2-11(9-23)16(25)26/h5-6,8,10-11H,1-4,7,9H2,(H,19,27)(H,25,26). The number of hydrogen-bond donors (Lipinski definition) is 2. The lowest BCUT2D eigenvalue weighted by Crippen LogP contribution is -2.44. The first kappa shape index (κ1) is 17.7.